The molecule has 0 fully saturated rings. The molecule has 1 aliphatic heterocycles. The molecule has 16 heavy (non-hydrogen) atoms. The van der Waals surface area contributed by atoms with Gasteiger partial charge < -0.3 is 19.9 Å². The van der Waals surface area contributed by atoms with E-state index in [1.54, 1.807) is 18.2 Å². The van der Waals surface area contributed by atoms with Crippen molar-refractivity contribution in [3.63, 3.8) is 0 Å². The highest BCUT2D eigenvalue weighted by Gasteiger charge is 2.16. The molecule has 1 heterocycles. The van der Waals surface area contributed by atoms with E-state index in [1.807, 2.05) is 0 Å². The number of amides is 1. The van der Waals surface area contributed by atoms with Crippen LogP contribution in [-0.2, 0) is 4.79 Å². The van der Waals surface area contributed by atoms with Gasteiger partial charge in [0.25, 0.3) is 0 Å². The number of aliphatic hydroxyl groups excluding tert-OH is 1. The van der Waals surface area contributed by atoms with Crippen molar-refractivity contribution in [2.45, 2.75) is 13.0 Å². The summed E-state index contributed by atoms with van der Waals surface area (Å²) in [5, 5.41) is 12.3. The van der Waals surface area contributed by atoms with Crippen LogP contribution >= 0.6 is 0 Å². The summed E-state index contributed by atoms with van der Waals surface area (Å²) in [4.78, 5) is 10.7. The Hall–Kier alpha value is -1.75. The van der Waals surface area contributed by atoms with Crippen LogP contribution in [0.3, 0.4) is 0 Å². The standard InChI is InChI=1S/C11H13NO4/c1-7(13)12-5-9(14)8-2-3-10-11(4-8)16-6-15-10/h2-4,9,14H,5-6H2,1H3,(H,12,13)/t9-/m1/s1. The molecule has 1 atom stereocenters. The van der Waals surface area contributed by atoms with Gasteiger partial charge in [0, 0.05) is 13.5 Å². The van der Waals surface area contributed by atoms with Gasteiger partial charge in [-0.25, -0.2) is 0 Å². The molecule has 86 valence electrons. The van der Waals surface area contributed by atoms with Crippen LogP contribution < -0.4 is 14.8 Å². The second kappa shape index (κ2) is 4.40. The summed E-state index contributed by atoms with van der Waals surface area (Å²) in [7, 11) is 0. The fourth-order valence-electron chi connectivity index (χ4n) is 1.48. The Kier molecular flexibility index (Phi) is 2.96. The minimum Gasteiger partial charge on any atom is -0.454 e. The molecular formula is C11H13NO4. The van der Waals surface area contributed by atoms with Gasteiger partial charge >= 0.3 is 0 Å². The zero-order valence-electron chi connectivity index (χ0n) is 8.90. The zero-order chi connectivity index (χ0) is 11.5. The third-order valence-corrected chi connectivity index (χ3v) is 2.33. The normalized spacial score (nSPS) is 14.6. The maximum Gasteiger partial charge on any atom is 0.231 e. The van der Waals surface area contributed by atoms with Crippen LogP contribution in [0.4, 0.5) is 0 Å². The number of carbonyl (C=O) groups is 1. The van der Waals surface area contributed by atoms with Crippen molar-refractivity contribution in [3.8, 4) is 11.5 Å². The van der Waals surface area contributed by atoms with Crippen molar-refractivity contribution >= 4 is 5.91 Å². The maximum atomic E-state index is 10.7. The quantitative estimate of drug-likeness (QED) is 0.786. The van der Waals surface area contributed by atoms with E-state index in [4.69, 9.17) is 9.47 Å². The molecule has 0 saturated heterocycles. The van der Waals surface area contributed by atoms with Crippen molar-refractivity contribution in [1.29, 1.82) is 0 Å². The Bertz CT molecular complexity index is 405. The van der Waals surface area contributed by atoms with Gasteiger partial charge in [0.05, 0.1) is 6.10 Å². The van der Waals surface area contributed by atoms with E-state index in [9.17, 15) is 9.90 Å². The SMILES string of the molecule is CC(=O)NC[C@@H](O)c1ccc2c(c1)OCO2. The van der Waals surface area contributed by atoms with E-state index < -0.39 is 6.10 Å². The lowest BCUT2D eigenvalue weighted by atomic mass is 10.1. The van der Waals surface area contributed by atoms with Crippen LogP contribution in [0.5, 0.6) is 11.5 Å². The molecule has 0 aliphatic carbocycles. The van der Waals surface area contributed by atoms with E-state index in [-0.39, 0.29) is 19.2 Å². The van der Waals surface area contributed by atoms with Gasteiger partial charge in [-0.3, -0.25) is 4.79 Å². The number of fused-ring (bicyclic) bond motifs is 1. The molecule has 1 aromatic carbocycles. The van der Waals surface area contributed by atoms with Crippen molar-refractivity contribution in [2.75, 3.05) is 13.3 Å². The first kappa shape index (κ1) is 10.8. The van der Waals surface area contributed by atoms with Crippen molar-refractivity contribution in [2.24, 2.45) is 0 Å². The molecule has 0 saturated carbocycles. The number of hydrogen-bond acceptors (Lipinski definition) is 4. The van der Waals surface area contributed by atoms with E-state index in [1.165, 1.54) is 6.92 Å². The third kappa shape index (κ3) is 2.25. The van der Waals surface area contributed by atoms with Crippen LogP contribution in [0.25, 0.3) is 0 Å². The predicted molar refractivity (Wildman–Crippen MR) is 56.2 cm³/mol. The molecule has 1 aromatic rings. The highest BCUT2D eigenvalue weighted by molar-refractivity contribution is 5.72. The minimum atomic E-state index is -0.738. The van der Waals surface area contributed by atoms with E-state index in [0.29, 0.717) is 17.1 Å². The number of carbonyl (C=O) groups excluding carboxylic acids is 1. The first-order valence-electron chi connectivity index (χ1n) is 4.99. The number of hydrogen-bond donors (Lipinski definition) is 2. The van der Waals surface area contributed by atoms with Crippen molar-refractivity contribution in [1.82, 2.24) is 5.32 Å². The number of benzene rings is 1. The fraction of sp³-hybridized carbons (Fsp3) is 0.364. The molecule has 1 aliphatic rings. The lowest BCUT2D eigenvalue weighted by Gasteiger charge is -2.11. The van der Waals surface area contributed by atoms with Crippen molar-refractivity contribution in [3.05, 3.63) is 23.8 Å². The highest BCUT2D eigenvalue weighted by Crippen LogP contribution is 2.33. The first-order chi connectivity index (χ1) is 7.66. The molecule has 0 spiro atoms. The summed E-state index contributed by atoms with van der Waals surface area (Å²) in [6.45, 7) is 1.81. The second-order valence-corrected chi connectivity index (χ2v) is 3.57. The number of aliphatic hydroxyl groups is 1. The average Bonchev–Trinajstić information content (AvgIpc) is 2.72. The van der Waals surface area contributed by atoms with Crippen LogP contribution in [0.2, 0.25) is 0 Å². The molecule has 0 bridgehead atoms. The number of nitrogens with one attached hydrogen (secondary N) is 1. The molecule has 0 aromatic heterocycles. The van der Waals surface area contributed by atoms with Gasteiger partial charge in [-0.15, -0.1) is 0 Å². The van der Waals surface area contributed by atoms with Crippen LogP contribution in [0.15, 0.2) is 18.2 Å². The Morgan fingerprint density at radius 2 is 2.25 bits per heavy atom. The molecule has 5 nitrogen and oxygen atoms in total. The second-order valence-electron chi connectivity index (χ2n) is 3.57. The fourth-order valence-corrected chi connectivity index (χ4v) is 1.48. The first-order valence-corrected chi connectivity index (χ1v) is 4.99. The number of rotatable bonds is 3. The Morgan fingerprint density at radius 1 is 1.50 bits per heavy atom. The molecule has 2 rings (SSSR count). The predicted octanol–water partition coefficient (Wildman–Crippen LogP) is 0.585. The summed E-state index contributed by atoms with van der Waals surface area (Å²) in [6, 6.07) is 5.21. The van der Waals surface area contributed by atoms with E-state index in [2.05, 4.69) is 5.32 Å². The molecule has 0 unspecified atom stereocenters. The summed E-state index contributed by atoms with van der Waals surface area (Å²) in [5.74, 6) is 1.13. The summed E-state index contributed by atoms with van der Waals surface area (Å²) < 4.78 is 10.4. The van der Waals surface area contributed by atoms with Crippen LogP contribution in [-0.4, -0.2) is 24.4 Å². The van der Waals surface area contributed by atoms with Gasteiger partial charge in [-0.05, 0) is 17.7 Å². The van der Waals surface area contributed by atoms with Gasteiger partial charge in [-0.1, -0.05) is 6.07 Å². The summed E-state index contributed by atoms with van der Waals surface area (Å²) in [5.41, 5.74) is 0.693. The average molecular weight is 223 g/mol. The van der Waals surface area contributed by atoms with Gasteiger partial charge in [0.2, 0.25) is 12.7 Å². The topological polar surface area (TPSA) is 67.8 Å². The molecule has 2 N–H and O–H groups in total. The minimum absolute atomic E-state index is 0.167. The van der Waals surface area contributed by atoms with Crippen molar-refractivity contribution < 1.29 is 19.4 Å². The number of ether oxygens (including phenoxy) is 2. The van der Waals surface area contributed by atoms with Gasteiger partial charge in [-0.2, -0.15) is 0 Å². The van der Waals surface area contributed by atoms with Crippen LogP contribution in [0.1, 0.15) is 18.6 Å². The molecule has 0 radical (unpaired) electrons. The van der Waals surface area contributed by atoms with E-state index in [0.717, 1.165) is 0 Å². The zero-order valence-corrected chi connectivity index (χ0v) is 8.90. The lowest BCUT2D eigenvalue weighted by molar-refractivity contribution is -0.119. The largest absolute Gasteiger partial charge is 0.454 e. The molecule has 1 amide bonds. The van der Waals surface area contributed by atoms with Gasteiger partial charge in [0.15, 0.2) is 11.5 Å². The maximum absolute atomic E-state index is 10.7. The Balaban J connectivity index is 2.06. The Labute approximate surface area is 93.0 Å². The van der Waals surface area contributed by atoms with E-state index >= 15 is 0 Å². The highest BCUT2D eigenvalue weighted by atomic mass is 16.7. The molecular weight excluding hydrogens is 210 g/mol. The monoisotopic (exact) mass is 223 g/mol. The van der Waals surface area contributed by atoms with Gasteiger partial charge in [0.1, 0.15) is 0 Å². The lowest BCUT2D eigenvalue weighted by Crippen LogP contribution is -2.25. The van der Waals surface area contributed by atoms with Crippen LogP contribution in [0, 0.1) is 0 Å². The smallest absolute Gasteiger partial charge is 0.231 e. The molecule has 5 heteroatoms. The summed E-state index contributed by atoms with van der Waals surface area (Å²) >= 11 is 0. The summed E-state index contributed by atoms with van der Waals surface area (Å²) in [6.07, 6.45) is -0.738. The Morgan fingerprint density at radius 3 is 3.00 bits per heavy atom. The third-order valence-electron chi connectivity index (χ3n) is 2.33.